The van der Waals surface area contributed by atoms with E-state index in [1.807, 2.05) is 0 Å². The average molecular weight is 193 g/mol. The summed E-state index contributed by atoms with van der Waals surface area (Å²) >= 11 is 0. The minimum atomic E-state index is -0.349. The zero-order valence-electron chi connectivity index (χ0n) is 7.13. The molecule has 5 nitrogen and oxygen atoms in total. The first kappa shape index (κ1) is 8.49. The lowest BCUT2D eigenvalue weighted by Gasteiger charge is -1.95. The maximum absolute atomic E-state index is 12.8. The van der Waals surface area contributed by atoms with E-state index >= 15 is 0 Å². The third-order valence-electron chi connectivity index (χ3n) is 1.70. The molecule has 0 spiro atoms. The highest BCUT2D eigenvalue weighted by atomic mass is 19.1. The summed E-state index contributed by atoms with van der Waals surface area (Å²) in [5.74, 6) is -0.235. The van der Waals surface area contributed by atoms with Gasteiger partial charge in [0.1, 0.15) is 5.82 Å². The zero-order chi connectivity index (χ0) is 10.1. The van der Waals surface area contributed by atoms with Gasteiger partial charge in [0, 0.05) is 6.07 Å². The van der Waals surface area contributed by atoms with Gasteiger partial charge in [-0.3, -0.25) is 10.7 Å². The summed E-state index contributed by atoms with van der Waals surface area (Å²) < 4.78 is 12.8. The first-order valence-electron chi connectivity index (χ1n) is 3.91. The standard InChI is InChI=1S/C8H8FN5/c9-4-1-2-5-6(3-4)13-8(12-5)14-7(10)11/h1-3H,(H5,10,11,12,13,14). The minimum absolute atomic E-state index is 0.218. The highest BCUT2D eigenvalue weighted by Crippen LogP contribution is 2.14. The third-order valence-corrected chi connectivity index (χ3v) is 1.70. The van der Waals surface area contributed by atoms with Gasteiger partial charge in [0.2, 0.25) is 5.95 Å². The third kappa shape index (κ3) is 1.49. The molecule has 14 heavy (non-hydrogen) atoms. The fourth-order valence-corrected chi connectivity index (χ4v) is 1.17. The number of rotatable bonds is 1. The maximum Gasteiger partial charge on any atom is 0.208 e. The fraction of sp³-hybridized carbons (Fsp3) is 0. The molecule has 5 N–H and O–H groups in total. The van der Waals surface area contributed by atoms with E-state index in [1.165, 1.54) is 12.1 Å². The molecule has 2 rings (SSSR count). The van der Waals surface area contributed by atoms with Gasteiger partial charge < -0.3 is 10.7 Å². The number of benzene rings is 1. The molecule has 0 amide bonds. The lowest BCUT2D eigenvalue weighted by Crippen LogP contribution is -2.21. The van der Waals surface area contributed by atoms with Crippen molar-refractivity contribution in [3.05, 3.63) is 24.0 Å². The molecule has 6 heteroatoms. The Morgan fingerprint density at radius 3 is 3.07 bits per heavy atom. The molecule has 0 unspecified atom stereocenters. The molecule has 0 fully saturated rings. The smallest absolute Gasteiger partial charge is 0.208 e. The van der Waals surface area contributed by atoms with E-state index in [9.17, 15) is 4.39 Å². The van der Waals surface area contributed by atoms with Gasteiger partial charge in [-0.2, -0.15) is 0 Å². The summed E-state index contributed by atoms with van der Waals surface area (Å²) in [7, 11) is 0. The van der Waals surface area contributed by atoms with Gasteiger partial charge in [-0.15, -0.1) is 0 Å². The van der Waals surface area contributed by atoms with Gasteiger partial charge in [0.25, 0.3) is 0 Å². The number of nitrogens with one attached hydrogen (secondary N) is 3. The Labute approximate surface area is 78.6 Å². The SMILES string of the molecule is N=C(N)Nc1nc2cc(F)ccc2[nH]1. The summed E-state index contributed by atoms with van der Waals surface area (Å²) in [4.78, 5) is 6.83. The Hall–Kier alpha value is -2.11. The molecule has 1 heterocycles. The molecule has 0 aliphatic heterocycles. The van der Waals surface area contributed by atoms with Crippen LogP contribution in [-0.4, -0.2) is 15.9 Å². The second kappa shape index (κ2) is 2.99. The van der Waals surface area contributed by atoms with Crippen LogP contribution in [0.25, 0.3) is 11.0 Å². The van der Waals surface area contributed by atoms with Crippen LogP contribution >= 0.6 is 0 Å². The van der Waals surface area contributed by atoms with Gasteiger partial charge in [0.15, 0.2) is 5.96 Å². The second-order valence-electron chi connectivity index (χ2n) is 2.79. The fourth-order valence-electron chi connectivity index (χ4n) is 1.17. The molecule has 0 atom stereocenters. The Morgan fingerprint density at radius 1 is 1.57 bits per heavy atom. The minimum Gasteiger partial charge on any atom is -0.370 e. The van der Waals surface area contributed by atoms with E-state index in [0.29, 0.717) is 17.0 Å². The monoisotopic (exact) mass is 193 g/mol. The van der Waals surface area contributed by atoms with Gasteiger partial charge in [0.05, 0.1) is 11.0 Å². The van der Waals surface area contributed by atoms with Crippen molar-refractivity contribution in [2.24, 2.45) is 5.73 Å². The number of halogens is 1. The van der Waals surface area contributed by atoms with Gasteiger partial charge in [-0.25, -0.2) is 9.37 Å². The molecule has 1 aromatic carbocycles. The normalized spacial score (nSPS) is 10.4. The molecule has 0 aliphatic carbocycles. The molecule has 2 aromatic rings. The number of nitrogens with zero attached hydrogens (tertiary/aromatic N) is 1. The molecule has 0 saturated heterocycles. The molecule has 1 aromatic heterocycles. The average Bonchev–Trinajstić information content (AvgIpc) is 2.44. The predicted octanol–water partition coefficient (Wildman–Crippen LogP) is 1.01. The molecule has 0 aliphatic rings. The maximum atomic E-state index is 12.8. The van der Waals surface area contributed by atoms with Gasteiger partial charge in [-0.1, -0.05) is 0 Å². The van der Waals surface area contributed by atoms with Crippen LogP contribution in [0.3, 0.4) is 0 Å². The number of anilines is 1. The van der Waals surface area contributed by atoms with Crippen molar-refractivity contribution in [3.8, 4) is 0 Å². The van der Waals surface area contributed by atoms with Crippen molar-refractivity contribution >= 4 is 22.9 Å². The van der Waals surface area contributed by atoms with Crippen LogP contribution in [0, 0.1) is 11.2 Å². The van der Waals surface area contributed by atoms with Crippen molar-refractivity contribution in [2.45, 2.75) is 0 Å². The van der Waals surface area contributed by atoms with Crippen LogP contribution in [-0.2, 0) is 0 Å². The van der Waals surface area contributed by atoms with Crippen molar-refractivity contribution in [1.82, 2.24) is 9.97 Å². The Kier molecular flexibility index (Phi) is 1.81. The summed E-state index contributed by atoms with van der Waals surface area (Å²) in [6, 6.07) is 4.21. The van der Waals surface area contributed by atoms with Crippen molar-refractivity contribution in [2.75, 3.05) is 5.32 Å². The van der Waals surface area contributed by atoms with Crippen molar-refractivity contribution in [1.29, 1.82) is 5.41 Å². The number of guanidine groups is 1. The molecule has 0 radical (unpaired) electrons. The topological polar surface area (TPSA) is 90.6 Å². The first-order chi connectivity index (χ1) is 6.65. The van der Waals surface area contributed by atoms with Crippen molar-refractivity contribution in [3.63, 3.8) is 0 Å². The molecular formula is C8H8FN5. The summed E-state index contributed by atoms with van der Waals surface area (Å²) in [6.07, 6.45) is 0. The number of imidazole rings is 1. The van der Waals surface area contributed by atoms with E-state index < -0.39 is 0 Å². The molecule has 0 saturated carbocycles. The van der Waals surface area contributed by atoms with Crippen LogP contribution in [0.2, 0.25) is 0 Å². The number of aromatic nitrogens is 2. The number of hydrogen-bond donors (Lipinski definition) is 4. The summed E-state index contributed by atoms with van der Waals surface area (Å²) in [5.41, 5.74) is 6.30. The molecule has 72 valence electrons. The Bertz CT molecular complexity index is 489. The lowest BCUT2D eigenvalue weighted by molar-refractivity contribution is 0.629. The van der Waals surface area contributed by atoms with E-state index in [4.69, 9.17) is 11.1 Å². The van der Waals surface area contributed by atoms with Gasteiger partial charge in [-0.05, 0) is 12.1 Å². The second-order valence-corrected chi connectivity index (χ2v) is 2.79. The largest absolute Gasteiger partial charge is 0.370 e. The molecule has 0 bridgehead atoms. The first-order valence-corrected chi connectivity index (χ1v) is 3.91. The van der Waals surface area contributed by atoms with E-state index in [0.717, 1.165) is 0 Å². The van der Waals surface area contributed by atoms with Crippen LogP contribution in [0.4, 0.5) is 10.3 Å². The highest BCUT2D eigenvalue weighted by molar-refractivity contribution is 5.90. The Morgan fingerprint density at radius 2 is 2.36 bits per heavy atom. The number of aromatic amines is 1. The zero-order valence-corrected chi connectivity index (χ0v) is 7.13. The number of H-pyrrole nitrogens is 1. The number of fused-ring (bicyclic) bond motifs is 1. The van der Waals surface area contributed by atoms with Crippen LogP contribution < -0.4 is 11.1 Å². The highest BCUT2D eigenvalue weighted by Gasteiger charge is 2.03. The van der Waals surface area contributed by atoms with E-state index in [1.54, 1.807) is 6.07 Å². The quantitative estimate of drug-likeness (QED) is 0.402. The van der Waals surface area contributed by atoms with Gasteiger partial charge >= 0.3 is 0 Å². The molecular weight excluding hydrogens is 185 g/mol. The van der Waals surface area contributed by atoms with E-state index in [2.05, 4.69) is 15.3 Å². The van der Waals surface area contributed by atoms with Crippen LogP contribution in [0.5, 0.6) is 0 Å². The summed E-state index contributed by atoms with van der Waals surface area (Å²) in [5, 5.41) is 9.47. The van der Waals surface area contributed by atoms with Crippen molar-refractivity contribution < 1.29 is 4.39 Å². The van der Waals surface area contributed by atoms with Crippen LogP contribution in [0.1, 0.15) is 0 Å². The summed E-state index contributed by atoms with van der Waals surface area (Å²) in [6.45, 7) is 0. The predicted molar refractivity (Wildman–Crippen MR) is 51.6 cm³/mol. The number of hydrogen-bond acceptors (Lipinski definition) is 2. The lowest BCUT2D eigenvalue weighted by atomic mass is 10.3. The number of nitrogens with two attached hydrogens (primary N) is 1. The van der Waals surface area contributed by atoms with Crippen LogP contribution in [0.15, 0.2) is 18.2 Å². The Balaban J connectivity index is 2.46. The van der Waals surface area contributed by atoms with E-state index in [-0.39, 0.29) is 11.8 Å².